The van der Waals surface area contributed by atoms with Crippen molar-refractivity contribution in [3.05, 3.63) is 52.0 Å². The number of carbonyl (C=O) groups excluding carboxylic acids is 1. The summed E-state index contributed by atoms with van der Waals surface area (Å²) in [6, 6.07) is 11.1. The van der Waals surface area contributed by atoms with E-state index in [2.05, 4.69) is 4.99 Å². The molecule has 156 valence electrons. The number of hydrogen-bond donors (Lipinski definition) is 1. The maximum Gasteiger partial charge on any atom is 0.261 e. The average Bonchev–Trinajstić information content (AvgIpc) is 2.91. The van der Waals surface area contributed by atoms with E-state index >= 15 is 0 Å². The van der Waals surface area contributed by atoms with Crippen LogP contribution in [0.1, 0.15) is 24.8 Å². The van der Waals surface area contributed by atoms with Crippen molar-refractivity contribution in [3.63, 3.8) is 0 Å². The standard InChI is InChI=1S/C22H21Cl2N3O3/c1-27-19(28)22(26-20(27)25)11-21(5-2-6-29-12-21)30-18-4-3-13(9-17(18)22)14-7-15(23)10-16(24)8-14/h3-4,7-10H,2,5-6,11-12H2,1H3,(H2,25,26)/t21-,22+/m1/s1. The molecule has 3 aliphatic rings. The zero-order chi connectivity index (χ0) is 21.1. The fourth-order valence-electron chi connectivity index (χ4n) is 4.71. The van der Waals surface area contributed by atoms with Crippen molar-refractivity contribution in [2.24, 2.45) is 10.7 Å². The summed E-state index contributed by atoms with van der Waals surface area (Å²) < 4.78 is 12.2. The molecular weight excluding hydrogens is 425 g/mol. The number of nitrogens with two attached hydrogens (primary N) is 1. The molecular formula is C22H21Cl2N3O3. The molecule has 1 amide bonds. The number of guanidine groups is 1. The van der Waals surface area contributed by atoms with E-state index in [1.165, 1.54) is 4.90 Å². The summed E-state index contributed by atoms with van der Waals surface area (Å²) >= 11 is 12.4. The van der Waals surface area contributed by atoms with Crippen LogP contribution in [-0.4, -0.2) is 42.6 Å². The molecule has 0 bridgehead atoms. The van der Waals surface area contributed by atoms with Gasteiger partial charge < -0.3 is 15.2 Å². The highest BCUT2D eigenvalue weighted by molar-refractivity contribution is 6.35. The third kappa shape index (κ3) is 2.97. The largest absolute Gasteiger partial charge is 0.484 e. The van der Waals surface area contributed by atoms with Crippen molar-refractivity contribution in [3.8, 4) is 16.9 Å². The number of amides is 1. The molecule has 0 unspecified atom stereocenters. The minimum atomic E-state index is -1.13. The van der Waals surface area contributed by atoms with Crippen LogP contribution in [0.25, 0.3) is 11.1 Å². The minimum absolute atomic E-state index is 0.157. The van der Waals surface area contributed by atoms with Gasteiger partial charge in [-0.3, -0.25) is 9.69 Å². The molecule has 3 aliphatic heterocycles. The Bertz CT molecular complexity index is 1060. The SMILES string of the molecule is CN1C(=O)[C@@]2(C[C@@]3(CCCOC3)Oc3ccc(-c4cc(Cl)cc(Cl)c4)cc32)N=C1N. The summed E-state index contributed by atoms with van der Waals surface area (Å²) in [6.07, 6.45) is 2.05. The molecule has 2 aromatic rings. The van der Waals surface area contributed by atoms with Crippen molar-refractivity contribution < 1.29 is 14.3 Å². The average molecular weight is 446 g/mol. The van der Waals surface area contributed by atoms with Gasteiger partial charge in [-0.2, -0.15) is 0 Å². The van der Waals surface area contributed by atoms with Crippen LogP contribution in [0, 0.1) is 0 Å². The molecule has 30 heavy (non-hydrogen) atoms. The first-order valence-electron chi connectivity index (χ1n) is 9.83. The summed E-state index contributed by atoms with van der Waals surface area (Å²) in [5.41, 5.74) is 6.77. The van der Waals surface area contributed by atoms with Gasteiger partial charge in [0.05, 0.1) is 6.61 Å². The van der Waals surface area contributed by atoms with Gasteiger partial charge in [0.2, 0.25) is 0 Å². The third-order valence-electron chi connectivity index (χ3n) is 6.12. The monoisotopic (exact) mass is 445 g/mol. The maximum atomic E-state index is 13.4. The Balaban J connectivity index is 1.69. The highest BCUT2D eigenvalue weighted by Gasteiger charge is 2.58. The van der Waals surface area contributed by atoms with Crippen LogP contribution in [0.3, 0.4) is 0 Å². The Kier molecular flexibility index (Phi) is 4.51. The lowest BCUT2D eigenvalue weighted by atomic mass is 9.74. The summed E-state index contributed by atoms with van der Waals surface area (Å²) in [4.78, 5) is 19.5. The molecule has 0 radical (unpaired) electrons. The van der Waals surface area contributed by atoms with Gasteiger partial charge in [0.1, 0.15) is 11.4 Å². The van der Waals surface area contributed by atoms with Crippen LogP contribution in [0.2, 0.25) is 10.0 Å². The fourth-order valence-corrected chi connectivity index (χ4v) is 5.24. The Morgan fingerprint density at radius 2 is 1.90 bits per heavy atom. The molecule has 2 atom stereocenters. The Labute approximate surface area is 184 Å². The van der Waals surface area contributed by atoms with Gasteiger partial charge in [-0.05, 0) is 54.3 Å². The minimum Gasteiger partial charge on any atom is -0.484 e. The molecule has 6 nitrogen and oxygen atoms in total. The van der Waals surface area contributed by atoms with E-state index in [9.17, 15) is 4.79 Å². The predicted molar refractivity (Wildman–Crippen MR) is 116 cm³/mol. The number of aliphatic imine (C=N–C) groups is 1. The first-order valence-corrected chi connectivity index (χ1v) is 10.6. The third-order valence-corrected chi connectivity index (χ3v) is 6.56. The molecule has 1 saturated heterocycles. The lowest BCUT2D eigenvalue weighted by Gasteiger charge is -2.46. The first-order chi connectivity index (χ1) is 14.3. The molecule has 8 heteroatoms. The van der Waals surface area contributed by atoms with E-state index in [0.717, 1.165) is 24.0 Å². The smallest absolute Gasteiger partial charge is 0.261 e. The van der Waals surface area contributed by atoms with Gasteiger partial charge in [-0.1, -0.05) is 29.3 Å². The van der Waals surface area contributed by atoms with E-state index in [1.54, 1.807) is 13.1 Å². The molecule has 0 saturated carbocycles. The Morgan fingerprint density at radius 1 is 1.13 bits per heavy atom. The van der Waals surface area contributed by atoms with Gasteiger partial charge in [-0.25, -0.2) is 4.99 Å². The zero-order valence-electron chi connectivity index (χ0n) is 16.5. The highest BCUT2D eigenvalue weighted by atomic mass is 35.5. The van der Waals surface area contributed by atoms with E-state index in [4.69, 9.17) is 38.4 Å². The van der Waals surface area contributed by atoms with Crippen LogP contribution in [0.4, 0.5) is 0 Å². The second-order valence-electron chi connectivity index (χ2n) is 8.18. The predicted octanol–water partition coefficient (Wildman–Crippen LogP) is 3.97. The van der Waals surface area contributed by atoms with Crippen molar-refractivity contribution in [1.82, 2.24) is 4.90 Å². The van der Waals surface area contributed by atoms with E-state index in [1.807, 2.05) is 30.3 Å². The molecule has 1 fully saturated rings. The molecule has 0 aliphatic carbocycles. The van der Waals surface area contributed by atoms with Crippen LogP contribution < -0.4 is 10.5 Å². The number of ether oxygens (including phenoxy) is 2. The lowest BCUT2D eigenvalue weighted by Crippen LogP contribution is -2.55. The van der Waals surface area contributed by atoms with Gasteiger partial charge in [0.15, 0.2) is 11.5 Å². The molecule has 0 aromatic heterocycles. The summed E-state index contributed by atoms with van der Waals surface area (Å²) in [5.74, 6) is 0.676. The van der Waals surface area contributed by atoms with Gasteiger partial charge in [-0.15, -0.1) is 0 Å². The van der Waals surface area contributed by atoms with Crippen molar-refractivity contribution >= 4 is 35.1 Å². The van der Waals surface area contributed by atoms with Gasteiger partial charge in [0.25, 0.3) is 5.91 Å². The second kappa shape index (κ2) is 6.87. The van der Waals surface area contributed by atoms with E-state index in [0.29, 0.717) is 41.0 Å². The fraction of sp³-hybridized carbons (Fsp3) is 0.364. The molecule has 3 heterocycles. The maximum absolute atomic E-state index is 13.4. The highest BCUT2D eigenvalue weighted by Crippen LogP contribution is 2.51. The quantitative estimate of drug-likeness (QED) is 0.719. The summed E-state index contributed by atoms with van der Waals surface area (Å²) in [7, 11) is 1.65. The number of benzene rings is 2. The first kappa shape index (κ1) is 19.7. The zero-order valence-corrected chi connectivity index (χ0v) is 18.0. The number of nitrogens with zero attached hydrogens (tertiary/aromatic N) is 2. The van der Waals surface area contributed by atoms with Gasteiger partial charge in [0, 0.05) is 35.7 Å². The number of likely N-dealkylation sites (N-methyl/N-ethyl adjacent to an activating group) is 1. The summed E-state index contributed by atoms with van der Waals surface area (Å²) in [6.45, 7) is 1.12. The van der Waals surface area contributed by atoms with Crippen molar-refractivity contribution in [2.75, 3.05) is 20.3 Å². The van der Waals surface area contributed by atoms with Gasteiger partial charge >= 0.3 is 0 Å². The topological polar surface area (TPSA) is 77.2 Å². The molecule has 5 rings (SSSR count). The van der Waals surface area contributed by atoms with Crippen LogP contribution >= 0.6 is 23.2 Å². The van der Waals surface area contributed by atoms with Crippen molar-refractivity contribution in [2.45, 2.75) is 30.4 Å². The molecule has 2 spiro atoms. The normalized spacial score (nSPS) is 27.9. The summed E-state index contributed by atoms with van der Waals surface area (Å²) in [5, 5.41) is 1.08. The number of hydrogen-bond acceptors (Lipinski definition) is 5. The van der Waals surface area contributed by atoms with E-state index in [-0.39, 0.29) is 11.9 Å². The number of fused-ring (bicyclic) bond motifs is 2. The van der Waals surface area contributed by atoms with Crippen molar-refractivity contribution in [1.29, 1.82) is 0 Å². The second-order valence-corrected chi connectivity index (χ2v) is 9.05. The number of halogens is 2. The number of carbonyl (C=O) groups is 1. The van der Waals surface area contributed by atoms with Crippen LogP contribution in [0.5, 0.6) is 5.75 Å². The number of rotatable bonds is 1. The van der Waals surface area contributed by atoms with E-state index < -0.39 is 11.1 Å². The van der Waals surface area contributed by atoms with Crippen LogP contribution in [0.15, 0.2) is 41.4 Å². The molecule has 2 aromatic carbocycles. The Hall–Kier alpha value is -2.28. The van der Waals surface area contributed by atoms with Crippen LogP contribution in [-0.2, 0) is 15.1 Å². The Morgan fingerprint density at radius 3 is 2.53 bits per heavy atom. The molecule has 2 N–H and O–H groups in total. The lowest BCUT2D eigenvalue weighted by molar-refractivity contribution is -0.139.